The zero-order valence-electron chi connectivity index (χ0n) is 21.4. The van der Waals surface area contributed by atoms with E-state index < -0.39 is 36.5 Å². The number of nitrogens with two attached hydrogens (primary N) is 1. The molecule has 2 fully saturated rings. The maximum Gasteiger partial charge on any atom is 0.496 e. The number of piperidine rings is 1. The summed E-state index contributed by atoms with van der Waals surface area (Å²) in [6, 6.07) is 9.21. The van der Waals surface area contributed by atoms with Gasteiger partial charge in [-0.2, -0.15) is 0 Å². The molecule has 0 unspecified atom stereocenters. The van der Waals surface area contributed by atoms with Gasteiger partial charge in [0.15, 0.2) is 6.17 Å². The SMILES string of the molecule is Cc1ccc(CC(=O)N2CC[C@@H](Oc3ncc(B4OC(C)(C)C(C)(C)O4)cc3C(N)=O)[C@@H](F)C2)cc1. The predicted octanol–water partition coefficient (Wildman–Crippen LogP) is 2.35. The lowest BCUT2D eigenvalue weighted by Crippen LogP contribution is -2.49. The lowest BCUT2D eigenvalue weighted by molar-refractivity contribution is -0.134. The van der Waals surface area contributed by atoms with Gasteiger partial charge in [-0.3, -0.25) is 9.59 Å². The number of amides is 2. The Morgan fingerprint density at radius 3 is 2.42 bits per heavy atom. The van der Waals surface area contributed by atoms with Gasteiger partial charge in [0, 0.05) is 24.6 Å². The second kappa shape index (κ2) is 9.82. The Morgan fingerprint density at radius 1 is 1.19 bits per heavy atom. The van der Waals surface area contributed by atoms with E-state index in [1.807, 2.05) is 58.9 Å². The van der Waals surface area contributed by atoms with Crippen LogP contribution in [0.3, 0.4) is 0 Å². The number of hydrogen-bond donors (Lipinski definition) is 1. The maximum absolute atomic E-state index is 15.1. The van der Waals surface area contributed by atoms with Crippen molar-refractivity contribution in [3.63, 3.8) is 0 Å². The van der Waals surface area contributed by atoms with Gasteiger partial charge in [0.25, 0.3) is 5.91 Å². The highest BCUT2D eigenvalue weighted by Crippen LogP contribution is 2.36. The fourth-order valence-electron chi connectivity index (χ4n) is 4.23. The van der Waals surface area contributed by atoms with E-state index >= 15 is 4.39 Å². The van der Waals surface area contributed by atoms with Crippen LogP contribution in [0.5, 0.6) is 5.88 Å². The molecule has 2 atom stereocenters. The normalized spacial score (nSPS) is 22.9. The molecule has 1 aromatic heterocycles. The van der Waals surface area contributed by atoms with Crippen LogP contribution in [-0.2, 0) is 20.5 Å². The Hall–Kier alpha value is -2.98. The molecule has 0 bridgehead atoms. The molecule has 10 heteroatoms. The van der Waals surface area contributed by atoms with Crippen molar-refractivity contribution in [2.24, 2.45) is 5.73 Å². The highest BCUT2D eigenvalue weighted by atomic mass is 19.1. The summed E-state index contributed by atoms with van der Waals surface area (Å²) in [6.45, 7) is 9.92. The molecule has 36 heavy (non-hydrogen) atoms. The summed E-state index contributed by atoms with van der Waals surface area (Å²) in [7, 11) is -0.730. The Morgan fingerprint density at radius 2 is 1.83 bits per heavy atom. The summed E-state index contributed by atoms with van der Waals surface area (Å²) in [5.41, 5.74) is 6.99. The Balaban J connectivity index is 1.42. The van der Waals surface area contributed by atoms with Crippen molar-refractivity contribution in [3.05, 3.63) is 53.2 Å². The van der Waals surface area contributed by atoms with Crippen molar-refractivity contribution in [2.45, 2.75) is 70.9 Å². The molecule has 1 aromatic carbocycles. The molecule has 2 aliphatic heterocycles. The Labute approximate surface area is 211 Å². The zero-order valence-corrected chi connectivity index (χ0v) is 21.4. The van der Waals surface area contributed by atoms with Gasteiger partial charge in [-0.25, -0.2) is 9.37 Å². The minimum absolute atomic E-state index is 0.0206. The molecule has 2 N–H and O–H groups in total. The number of carbonyl (C=O) groups is 2. The van der Waals surface area contributed by atoms with Crippen molar-refractivity contribution >= 4 is 24.4 Å². The van der Waals surface area contributed by atoms with Crippen LogP contribution < -0.4 is 15.9 Å². The highest BCUT2D eigenvalue weighted by molar-refractivity contribution is 6.62. The van der Waals surface area contributed by atoms with Gasteiger partial charge in [-0.05, 0) is 46.2 Å². The molecular weight excluding hydrogens is 464 g/mol. The molecule has 0 aliphatic carbocycles. The van der Waals surface area contributed by atoms with Crippen LogP contribution in [0.2, 0.25) is 0 Å². The van der Waals surface area contributed by atoms with E-state index in [4.69, 9.17) is 19.8 Å². The number of aromatic nitrogens is 1. The smallest absolute Gasteiger partial charge is 0.471 e. The quantitative estimate of drug-likeness (QED) is 0.615. The lowest BCUT2D eigenvalue weighted by Gasteiger charge is -2.34. The van der Waals surface area contributed by atoms with Crippen LogP contribution in [0.15, 0.2) is 36.5 Å². The number of rotatable bonds is 6. The first-order valence-corrected chi connectivity index (χ1v) is 12.2. The maximum atomic E-state index is 15.1. The number of primary amides is 1. The lowest BCUT2D eigenvalue weighted by atomic mass is 9.79. The fraction of sp³-hybridized carbons (Fsp3) is 0.500. The van der Waals surface area contributed by atoms with Crippen LogP contribution in [0.25, 0.3) is 0 Å². The molecule has 2 amide bonds. The van der Waals surface area contributed by atoms with Crippen molar-refractivity contribution < 1.29 is 28.0 Å². The zero-order chi connectivity index (χ0) is 26.3. The molecule has 192 valence electrons. The average molecular weight is 497 g/mol. The van der Waals surface area contributed by atoms with Gasteiger partial charge in [0.1, 0.15) is 11.7 Å². The number of hydrogen-bond acceptors (Lipinski definition) is 6. The summed E-state index contributed by atoms with van der Waals surface area (Å²) in [6.07, 6.45) is -0.337. The van der Waals surface area contributed by atoms with Crippen LogP contribution in [0.4, 0.5) is 4.39 Å². The number of alkyl halides is 1. The standard InChI is InChI=1S/C26H33BFN3O5/c1-16-6-8-17(9-7-16)12-22(32)31-11-10-21(20(28)15-31)34-24-19(23(29)33)13-18(14-30-24)27-35-25(2,3)26(4,5)36-27/h6-9,13-14,20-21H,10-12,15H2,1-5H3,(H2,29,33)/t20-,21+/m0/s1. The summed E-state index contributed by atoms with van der Waals surface area (Å²) < 4.78 is 32.9. The molecule has 2 aliphatic rings. The van der Waals surface area contributed by atoms with Gasteiger partial charge >= 0.3 is 7.12 Å². The third kappa shape index (κ3) is 5.39. The van der Waals surface area contributed by atoms with Crippen molar-refractivity contribution in [2.75, 3.05) is 13.1 Å². The number of pyridine rings is 1. The monoisotopic (exact) mass is 497 g/mol. The summed E-state index contributed by atoms with van der Waals surface area (Å²) in [5, 5.41) is 0. The molecule has 3 heterocycles. The second-order valence-electron chi connectivity index (χ2n) is 10.5. The molecular formula is C26H33BFN3O5. The van der Waals surface area contributed by atoms with Gasteiger partial charge in [0.05, 0.1) is 24.2 Å². The minimum atomic E-state index is -1.44. The van der Waals surface area contributed by atoms with E-state index in [2.05, 4.69) is 4.98 Å². The van der Waals surface area contributed by atoms with E-state index in [0.29, 0.717) is 12.0 Å². The summed E-state index contributed by atoms with van der Waals surface area (Å²) in [5.74, 6) is -0.936. The number of ether oxygens (including phenoxy) is 1. The number of aryl methyl sites for hydroxylation is 1. The largest absolute Gasteiger partial charge is 0.496 e. The topological polar surface area (TPSA) is 104 Å². The molecule has 0 saturated carbocycles. The first kappa shape index (κ1) is 26.1. The van der Waals surface area contributed by atoms with Gasteiger partial charge < -0.3 is 24.7 Å². The molecule has 2 saturated heterocycles. The van der Waals surface area contributed by atoms with E-state index in [9.17, 15) is 9.59 Å². The van der Waals surface area contributed by atoms with Gasteiger partial charge in [-0.1, -0.05) is 29.8 Å². The molecule has 0 radical (unpaired) electrons. The van der Waals surface area contributed by atoms with E-state index in [-0.39, 0.29) is 36.7 Å². The summed E-state index contributed by atoms with van der Waals surface area (Å²) >= 11 is 0. The van der Waals surface area contributed by atoms with Crippen molar-refractivity contribution in [1.82, 2.24) is 9.88 Å². The van der Waals surface area contributed by atoms with E-state index in [1.165, 1.54) is 17.2 Å². The molecule has 4 rings (SSSR count). The minimum Gasteiger partial charge on any atom is -0.471 e. The van der Waals surface area contributed by atoms with E-state index in [1.54, 1.807) is 0 Å². The van der Waals surface area contributed by atoms with Gasteiger partial charge in [-0.15, -0.1) is 0 Å². The van der Waals surface area contributed by atoms with Crippen molar-refractivity contribution in [3.8, 4) is 5.88 Å². The fourth-order valence-corrected chi connectivity index (χ4v) is 4.23. The second-order valence-corrected chi connectivity index (χ2v) is 10.5. The number of likely N-dealkylation sites (tertiary alicyclic amines) is 1. The van der Waals surface area contributed by atoms with Crippen LogP contribution in [-0.4, -0.2) is 65.4 Å². The molecule has 0 spiro atoms. The number of halogens is 1. The highest BCUT2D eigenvalue weighted by Gasteiger charge is 2.52. The number of benzene rings is 1. The van der Waals surface area contributed by atoms with E-state index in [0.717, 1.165) is 11.1 Å². The molecule has 2 aromatic rings. The third-order valence-corrected chi connectivity index (χ3v) is 7.24. The molecule has 8 nitrogen and oxygen atoms in total. The number of nitrogens with zero attached hydrogens (tertiary/aromatic N) is 2. The van der Waals surface area contributed by atoms with Crippen molar-refractivity contribution in [1.29, 1.82) is 0 Å². The van der Waals surface area contributed by atoms with Crippen LogP contribution in [0.1, 0.15) is 55.6 Å². The summed E-state index contributed by atoms with van der Waals surface area (Å²) in [4.78, 5) is 30.6. The van der Waals surface area contributed by atoms with Crippen LogP contribution >= 0.6 is 0 Å². The van der Waals surface area contributed by atoms with Crippen LogP contribution in [0, 0.1) is 6.92 Å². The average Bonchev–Trinajstić information content (AvgIpc) is 3.03. The Bertz CT molecular complexity index is 1120. The predicted molar refractivity (Wildman–Crippen MR) is 134 cm³/mol. The Kier molecular flexibility index (Phi) is 7.12. The first-order valence-electron chi connectivity index (χ1n) is 12.2. The third-order valence-electron chi connectivity index (χ3n) is 7.24. The number of carbonyl (C=O) groups excluding carboxylic acids is 2. The first-order chi connectivity index (χ1) is 16.9. The van der Waals surface area contributed by atoms with Gasteiger partial charge in [0.2, 0.25) is 11.8 Å².